The van der Waals surface area contributed by atoms with E-state index in [-0.39, 0.29) is 11.3 Å². The fraction of sp³-hybridized carbons (Fsp3) is 0.333. The summed E-state index contributed by atoms with van der Waals surface area (Å²) in [5.74, 6) is 0. The van der Waals surface area contributed by atoms with E-state index in [1.54, 1.807) is 12.1 Å². The Hall–Kier alpha value is -2.68. The summed E-state index contributed by atoms with van der Waals surface area (Å²) in [5, 5.41) is 14.6. The number of benzene rings is 1. The molecule has 0 aliphatic carbocycles. The molecule has 0 saturated carbocycles. The van der Waals surface area contributed by atoms with Crippen LogP contribution in [0.25, 0.3) is 0 Å². The van der Waals surface area contributed by atoms with Gasteiger partial charge in [-0.3, -0.25) is 10.1 Å². The number of carbonyl (C=O) groups is 1. The zero-order chi connectivity index (χ0) is 15.2. The largest absolute Gasteiger partial charge is 0.378 e. The molecule has 2 amide bonds. The Morgan fingerprint density at radius 2 is 2.19 bits per heavy atom. The van der Waals surface area contributed by atoms with Crippen molar-refractivity contribution >= 4 is 23.6 Å². The molecular weight excluding hydrogens is 278 g/mol. The summed E-state index contributed by atoms with van der Waals surface area (Å²) in [6.07, 6.45) is 1.20. The summed E-state index contributed by atoms with van der Waals surface area (Å²) in [6, 6.07) is 3.91. The van der Waals surface area contributed by atoms with Crippen molar-refractivity contribution in [2.24, 2.45) is 10.8 Å². The zero-order valence-corrected chi connectivity index (χ0v) is 11.2. The molecule has 0 radical (unpaired) electrons. The average Bonchev–Trinajstić information content (AvgIpc) is 2.47. The van der Waals surface area contributed by atoms with E-state index < -0.39 is 11.0 Å². The monoisotopic (exact) mass is 293 g/mol. The third-order valence-corrected chi connectivity index (χ3v) is 2.96. The lowest BCUT2D eigenvalue weighted by Crippen LogP contribution is -2.36. The number of nitrogens with one attached hydrogen (secondary N) is 1. The maximum Gasteiger partial charge on any atom is 0.332 e. The molecule has 1 aromatic rings. The molecule has 0 atom stereocenters. The van der Waals surface area contributed by atoms with Crippen LogP contribution in [0.1, 0.15) is 5.56 Å². The topological polar surface area (TPSA) is 123 Å². The quantitative estimate of drug-likeness (QED) is 0.473. The number of hydrazone groups is 1. The third kappa shape index (κ3) is 3.89. The van der Waals surface area contributed by atoms with Gasteiger partial charge in [-0.2, -0.15) is 5.10 Å². The fourth-order valence-corrected chi connectivity index (χ4v) is 2.00. The molecule has 2 rings (SSSR count). The first-order valence-corrected chi connectivity index (χ1v) is 6.27. The molecule has 3 N–H and O–H groups in total. The van der Waals surface area contributed by atoms with E-state index in [1.165, 1.54) is 12.3 Å². The molecule has 1 aliphatic heterocycles. The first-order chi connectivity index (χ1) is 10.1. The first-order valence-electron chi connectivity index (χ1n) is 6.27. The van der Waals surface area contributed by atoms with Crippen LogP contribution < -0.4 is 16.1 Å². The SMILES string of the molecule is NC(=O)NN=Cc1cc(N2CCOCC2)ccc1[N+](=O)[O-]. The van der Waals surface area contributed by atoms with E-state index in [1.807, 2.05) is 5.43 Å². The number of nitro benzene ring substituents is 1. The van der Waals surface area contributed by atoms with Gasteiger partial charge in [-0.1, -0.05) is 0 Å². The molecule has 21 heavy (non-hydrogen) atoms. The zero-order valence-electron chi connectivity index (χ0n) is 11.2. The minimum atomic E-state index is -0.835. The van der Waals surface area contributed by atoms with Crippen LogP contribution in [0.4, 0.5) is 16.2 Å². The van der Waals surface area contributed by atoms with E-state index in [0.717, 1.165) is 5.69 Å². The van der Waals surface area contributed by atoms with Crippen LogP contribution >= 0.6 is 0 Å². The van der Waals surface area contributed by atoms with Gasteiger partial charge in [-0.05, 0) is 12.1 Å². The molecule has 112 valence electrons. The number of nitrogens with two attached hydrogens (primary N) is 1. The Bertz CT molecular complexity index is 569. The van der Waals surface area contributed by atoms with Crippen LogP contribution in [-0.2, 0) is 4.74 Å². The summed E-state index contributed by atoms with van der Waals surface area (Å²) in [4.78, 5) is 23.1. The third-order valence-electron chi connectivity index (χ3n) is 2.96. The van der Waals surface area contributed by atoms with Gasteiger partial charge in [0.1, 0.15) is 0 Å². The average molecular weight is 293 g/mol. The molecule has 0 spiro atoms. The molecule has 0 aromatic heterocycles. The van der Waals surface area contributed by atoms with Gasteiger partial charge < -0.3 is 15.4 Å². The van der Waals surface area contributed by atoms with Crippen molar-refractivity contribution in [3.05, 3.63) is 33.9 Å². The van der Waals surface area contributed by atoms with Gasteiger partial charge >= 0.3 is 6.03 Å². The van der Waals surface area contributed by atoms with Crippen molar-refractivity contribution in [1.82, 2.24) is 5.43 Å². The number of ether oxygens (including phenoxy) is 1. The van der Waals surface area contributed by atoms with Gasteiger partial charge in [0.25, 0.3) is 5.69 Å². The van der Waals surface area contributed by atoms with Crippen LogP contribution in [-0.4, -0.2) is 43.5 Å². The smallest absolute Gasteiger partial charge is 0.332 e. The molecule has 1 saturated heterocycles. The van der Waals surface area contributed by atoms with E-state index in [4.69, 9.17) is 10.5 Å². The second-order valence-electron chi connectivity index (χ2n) is 4.33. The number of amides is 2. The van der Waals surface area contributed by atoms with Gasteiger partial charge in [0, 0.05) is 24.8 Å². The highest BCUT2D eigenvalue weighted by Crippen LogP contribution is 2.24. The highest BCUT2D eigenvalue weighted by molar-refractivity contribution is 5.88. The number of hydrogen-bond donors (Lipinski definition) is 2. The molecule has 1 aliphatic rings. The molecule has 0 bridgehead atoms. The molecule has 9 nitrogen and oxygen atoms in total. The van der Waals surface area contributed by atoms with E-state index in [0.29, 0.717) is 26.3 Å². The summed E-state index contributed by atoms with van der Waals surface area (Å²) in [6.45, 7) is 2.66. The minimum absolute atomic E-state index is 0.0953. The Morgan fingerprint density at radius 1 is 1.48 bits per heavy atom. The number of rotatable bonds is 4. The standard InChI is InChI=1S/C12H15N5O4/c13-12(18)15-14-8-9-7-10(1-2-11(9)17(19)20)16-3-5-21-6-4-16/h1-2,7-8H,3-6H2,(H3,13,15,18). The second-order valence-corrected chi connectivity index (χ2v) is 4.33. The highest BCUT2D eigenvalue weighted by atomic mass is 16.6. The molecular formula is C12H15N5O4. The Kier molecular flexibility index (Phi) is 4.67. The van der Waals surface area contributed by atoms with E-state index in [2.05, 4.69) is 10.0 Å². The van der Waals surface area contributed by atoms with Gasteiger partial charge in [-0.15, -0.1) is 0 Å². The summed E-state index contributed by atoms with van der Waals surface area (Å²) in [5.41, 5.74) is 7.92. The Morgan fingerprint density at radius 3 is 2.81 bits per heavy atom. The fourth-order valence-electron chi connectivity index (χ4n) is 2.00. The van der Waals surface area contributed by atoms with Gasteiger partial charge in [-0.25, -0.2) is 10.2 Å². The van der Waals surface area contributed by atoms with Gasteiger partial charge in [0.05, 0.1) is 29.9 Å². The second kappa shape index (κ2) is 6.66. The van der Waals surface area contributed by atoms with Crippen LogP contribution in [0.15, 0.2) is 23.3 Å². The van der Waals surface area contributed by atoms with Crippen molar-refractivity contribution in [3.8, 4) is 0 Å². The van der Waals surface area contributed by atoms with Crippen LogP contribution in [0.3, 0.4) is 0 Å². The summed E-state index contributed by atoms with van der Waals surface area (Å²) in [7, 11) is 0. The van der Waals surface area contributed by atoms with Crippen molar-refractivity contribution in [3.63, 3.8) is 0 Å². The predicted molar refractivity (Wildman–Crippen MR) is 76.4 cm³/mol. The lowest BCUT2D eigenvalue weighted by atomic mass is 10.1. The van der Waals surface area contributed by atoms with E-state index >= 15 is 0 Å². The normalized spacial score (nSPS) is 15.1. The van der Waals surface area contributed by atoms with E-state index in [9.17, 15) is 14.9 Å². The molecule has 1 aromatic carbocycles. The number of nitro groups is 1. The maximum atomic E-state index is 11.0. The predicted octanol–water partition coefficient (Wildman–Crippen LogP) is 0.434. The summed E-state index contributed by atoms with van der Waals surface area (Å²) >= 11 is 0. The number of anilines is 1. The molecule has 1 fully saturated rings. The Labute approximate surface area is 120 Å². The highest BCUT2D eigenvalue weighted by Gasteiger charge is 2.17. The molecule has 9 heteroatoms. The van der Waals surface area contributed by atoms with Crippen molar-refractivity contribution in [2.45, 2.75) is 0 Å². The lowest BCUT2D eigenvalue weighted by Gasteiger charge is -2.28. The number of hydrogen-bond acceptors (Lipinski definition) is 6. The molecule has 0 unspecified atom stereocenters. The number of morpholine rings is 1. The Balaban J connectivity index is 2.27. The first kappa shape index (κ1) is 14.7. The lowest BCUT2D eigenvalue weighted by molar-refractivity contribution is -0.385. The van der Waals surface area contributed by atoms with Gasteiger partial charge in [0.2, 0.25) is 0 Å². The number of nitrogens with zero attached hydrogens (tertiary/aromatic N) is 3. The van der Waals surface area contributed by atoms with Gasteiger partial charge in [0.15, 0.2) is 0 Å². The van der Waals surface area contributed by atoms with Crippen molar-refractivity contribution in [2.75, 3.05) is 31.2 Å². The van der Waals surface area contributed by atoms with Crippen LogP contribution in [0.2, 0.25) is 0 Å². The number of primary amides is 1. The van der Waals surface area contributed by atoms with Crippen LogP contribution in [0, 0.1) is 10.1 Å². The van der Waals surface area contributed by atoms with Crippen molar-refractivity contribution in [1.29, 1.82) is 0 Å². The maximum absolute atomic E-state index is 11.0. The summed E-state index contributed by atoms with van der Waals surface area (Å²) < 4.78 is 5.27. The van der Waals surface area contributed by atoms with Crippen molar-refractivity contribution < 1.29 is 14.5 Å². The minimum Gasteiger partial charge on any atom is -0.378 e. The van der Waals surface area contributed by atoms with Crippen LogP contribution in [0.5, 0.6) is 0 Å². The number of urea groups is 1. The molecule has 1 heterocycles. The number of carbonyl (C=O) groups excluding carboxylic acids is 1.